The molecule has 3 unspecified atom stereocenters. The molecule has 1 aromatic carbocycles. The Morgan fingerprint density at radius 1 is 0.976 bits per heavy atom. The monoisotopic (exact) mass is 618 g/mol. The first-order valence-electron chi connectivity index (χ1n) is 13.8. The highest BCUT2D eigenvalue weighted by atomic mass is 19.4. The maximum Gasteiger partial charge on any atom is 0.435 e. The number of halogens is 9. The zero-order valence-electron chi connectivity index (χ0n) is 23.5. The fourth-order valence-corrected chi connectivity index (χ4v) is 7.85. The van der Waals surface area contributed by atoms with Crippen molar-refractivity contribution in [3.63, 3.8) is 0 Å². The fourth-order valence-electron chi connectivity index (χ4n) is 7.85. The van der Waals surface area contributed by atoms with Crippen molar-refractivity contribution < 1.29 is 54.2 Å². The summed E-state index contributed by atoms with van der Waals surface area (Å²) in [5.74, 6) is 0.904. The summed E-state index contributed by atoms with van der Waals surface area (Å²) in [6.45, 7) is -0.592. The van der Waals surface area contributed by atoms with E-state index in [9.17, 15) is 49.4 Å². The van der Waals surface area contributed by atoms with Gasteiger partial charge in [-0.25, -0.2) is 0 Å². The van der Waals surface area contributed by atoms with Crippen molar-refractivity contribution in [3.8, 4) is 5.75 Å². The van der Waals surface area contributed by atoms with Gasteiger partial charge in [0.25, 0.3) is 0 Å². The lowest BCUT2D eigenvalue weighted by Gasteiger charge is -2.52. The van der Waals surface area contributed by atoms with Gasteiger partial charge in [0.1, 0.15) is 5.75 Å². The Morgan fingerprint density at radius 2 is 1.60 bits per heavy atom. The highest BCUT2D eigenvalue weighted by molar-refractivity contribution is 5.78. The topological polar surface area (TPSA) is 53.0 Å². The summed E-state index contributed by atoms with van der Waals surface area (Å²) in [7, 11) is 2.82. The number of aryl methyl sites for hydroxylation is 1. The molecule has 0 spiro atoms. The maximum absolute atomic E-state index is 13.2. The zero-order chi connectivity index (χ0) is 31.5. The number of phenols is 1. The van der Waals surface area contributed by atoms with Crippen LogP contribution in [-0.4, -0.2) is 84.8 Å². The Kier molecular flexibility index (Phi) is 8.60. The van der Waals surface area contributed by atoms with Gasteiger partial charge in [0.05, 0.1) is 13.2 Å². The molecule has 0 aromatic heterocycles. The summed E-state index contributed by atoms with van der Waals surface area (Å²) >= 11 is 0. The minimum Gasteiger partial charge on any atom is -0.508 e. The molecule has 238 valence electrons. The zero-order valence-corrected chi connectivity index (χ0v) is 23.5. The molecule has 4 rings (SSSR count). The van der Waals surface area contributed by atoms with Crippen LogP contribution >= 0.6 is 0 Å². The first kappa shape index (κ1) is 32.7. The quantitative estimate of drug-likeness (QED) is 0.357. The van der Waals surface area contributed by atoms with Gasteiger partial charge in [0.15, 0.2) is 0 Å². The van der Waals surface area contributed by atoms with Gasteiger partial charge in [-0.1, -0.05) is 13.0 Å². The van der Waals surface area contributed by atoms with Crippen LogP contribution in [0.3, 0.4) is 0 Å². The van der Waals surface area contributed by atoms with E-state index < -0.39 is 49.7 Å². The second-order valence-corrected chi connectivity index (χ2v) is 12.2. The molecule has 0 bridgehead atoms. The number of aromatic hydroxyl groups is 1. The number of likely N-dealkylation sites (N-methyl/N-ethyl adjacent to an activating group) is 2. The lowest BCUT2D eigenvalue weighted by molar-refractivity contribution is -0.457. The molecule has 0 saturated heterocycles. The van der Waals surface area contributed by atoms with Crippen LogP contribution in [-0.2, 0) is 16.0 Å². The largest absolute Gasteiger partial charge is 0.508 e. The van der Waals surface area contributed by atoms with Gasteiger partial charge >= 0.3 is 24.1 Å². The molecule has 2 saturated carbocycles. The number of alkyl halides is 9. The van der Waals surface area contributed by atoms with Gasteiger partial charge in [0.2, 0.25) is 5.91 Å². The van der Waals surface area contributed by atoms with Crippen molar-refractivity contribution in [2.75, 3.05) is 33.8 Å². The van der Waals surface area contributed by atoms with E-state index in [-0.39, 0.29) is 17.2 Å². The Hall–Kier alpha value is -2.22. The number of carbonyl (C=O) groups excluding carboxylic acids is 1. The molecule has 2 fully saturated rings. The Labute approximate surface area is 238 Å². The second kappa shape index (κ2) is 11.0. The van der Waals surface area contributed by atoms with Crippen LogP contribution in [0.4, 0.5) is 39.5 Å². The summed E-state index contributed by atoms with van der Waals surface area (Å²) in [5.41, 5.74) is -4.12. The van der Waals surface area contributed by atoms with Gasteiger partial charge < -0.3 is 14.7 Å². The maximum atomic E-state index is 13.2. The molecule has 1 N–H and O–H groups in total. The first-order chi connectivity index (χ1) is 19.2. The van der Waals surface area contributed by atoms with Crippen LogP contribution in [0.15, 0.2) is 18.2 Å². The Balaban J connectivity index is 1.38. The highest BCUT2D eigenvalue weighted by Gasteiger charge is 2.85. The van der Waals surface area contributed by atoms with Gasteiger partial charge in [-0.2, -0.15) is 39.5 Å². The Morgan fingerprint density at radius 3 is 2.19 bits per heavy atom. The SMILES string of the molecule is CN(CCOC(C(F)(F)F)(C(F)(F)F)C(F)(F)F)CC(=O)N(C)[C@H]1CCC2C3CCc4cc(O)ccc4C3CC[C@@]21C. The van der Waals surface area contributed by atoms with Gasteiger partial charge in [-0.05, 0) is 92.0 Å². The van der Waals surface area contributed by atoms with E-state index in [0.717, 1.165) is 49.0 Å². The first-order valence-corrected chi connectivity index (χ1v) is 13.8. The molecule has 42 heavy (non-hydrogen) atoms. The van der Waals surface area contributed by atoms with Crippen molar-refractivity contribution in [1.82, 2.24) is 9.80 Å². The fraction of sp³-hybridized carbons (Fsp3) is 0.750. The standard InChI is InChI=1S/C28H35F9N2O3/c1-24-11-10-19-18-7-5-17(40)14-16(18)4-6-20(19)21(24)8-9-22(24)39(3)23(41)15-38(2)12-13-42-25(26(29,30)31,27(32,33)34)28(35,36)37/h5,7,14,19-22,40H,4,6,8-13,15H2,1-3H3/t19?,20?,21?,22-,24-/m0/s1. The summed E-state index contributed by atoms with van der Waals surface area (Å²) in [4.78, 5) is 15.8. The number of hydrogen-bond acceptors (Lipinski definition) is 4. The molecule has 5 nitrogen and oxygen atoms in total. The molecular formula is C28H35F9N2O3. The third-order valence-corrected chi connectivity index (χ3v) is 9.92. The van der Waals surface area contributed by atoms with Crippen LogP contribution in [0.25, 0.3) is 0 Å². The second-order valence-electron chi connectivity index (χ2n) is 12.2. The van der Waals surface area contributed by atoms with Gasteiger partial charge in [0, 0.05) is 19.6 Å². The van der Waals surface area contributed by atoms with Crippen molar-refractivity contribution in [1.29, 1.82) is 0 Å². The Bertz CT molecular complexity index is 1120. The van der Waals surface area contributed by atoms with E-state index in [4.69, 9.17) is 0 Å². The number of nitrogens with zero attached hydrogens (tertiary/aromatic N) is 2. The minimum atomic E-state index is -6.80. The van der Waals surface area contributed by atoms with Crippen LogP contribution in [0.1, 0.15) is 56.1 Å². The van der Waals surface area contributed by atoms with Gasteiger partial charge in [-0.15, -0.1) is 0 Å². The third-order valence-electron chi connectivity index (χ3n) is 9.92. The summed E-state index contributed by atoms with van der Waals surface area (Å²) in [5, 5.41) is 9.88. The summed E-state index contributed by atoms with van der Waals surface area (Å²) in [6, 6.07) is 5.37. The predicted octanol–water partition coefficient (Wildman–Crippen LogP) is 6.45. The van der Waals surface area contributed by atoms with E-state index in [1.54, 1.807) is 18.0 Å². The number of fused-ring (bicyclic) bond motifs is 5. The van der Waals surface area contributed by atoms with Crippen molar-refractivity contribution >= 4 is 5.91 Å². The van der Waals surface area contributed by atoms with E-state index in [1.807, 2.05) is 12.1 Å². The lowest BCUT2D eigenvalue weighted by atomic mass is 9.55. The molecule has 3 aliphatic carbocycles. The number of benzene rings is 1. The van der Waals surface area contributed by atoms with Crippen LogP contribution in [0, 0.1) is 17.3 Å². The van der Waals surface area contributed by atoms with E-state index >= 15 is 0 Å². The molecule has 1 aromatic rings. The molecule has 3 aliphatic rings. The van der Waals surface area contributed by atoms with Crippen LogP contribution in [0.2, 0.25) is 0 Å². The summed E-state index contributed by atoms with van der Waals surface area (Å²) in [6.07, 6.45) is -15.2. The molecule has 0 heterocycles. The van der Waals surface area contributed by atoms with Crippen LogP contribution < -0.4 is 0 Å². The minimum absolute atomic E-state index is 0.143. The van der Waals surface area contributed by atoms with E-state index in [2.05, 4.69) is 11.7 Å². The smallest absolute Gasteiger partial charge is 0.435 e. The molecule has 14 heteroatoms. The molecule has 1 amide bonds. The number of carbonyl (C=O) groups is 1. The predicted molar refractivity (Wildman–Crippen MR) is 134 cm³/mol. The van der Waals surface area contributed by atoms with Crippen molar-refractivity contribution in [2.24, 2.45) is 17.3 Å². The summed E-state index contributed by atoms with van der Waals surface area (Å²) < 4.78 is 121. The average molecular weight is 619 g/mol. The number of ether oxygens (including phenoxy) is 1. The molecule has 0 aliphatic heterocycles. The van der Waals surface area contributed by atoms with Crippen LogP contribution in [0.5, 0.6) is 5.75 Å². The normalized spacial score (nSPS) is 28.3. The van der Waals surface area contributed by atoms with Crippen molar-refractivity contribution in [2.45, 2.75) is 81.5 Å². The van der Waals surface area contributed by atoms with Gasteiger partial charge in [-0.3, -0.25) is 9.69 Å². The molecular weight excluding hydrogens is 583 g/mol. The van der Waals surface area contributed by atoms with E-state index in [0.29, 0.717) is 17.8 Å². The number of rotatable bonds is 7. The number of phenolic OH excluding ortho intramolecular Hbond substituents is 1. The third kappa shape index (κ3) is 5.46. The van der Waals surface area contributed by atoms with E-state index in [1.165, 1.54) is 12.6 Å². The average Bonchev–Trinajstić information content (AvgIpc) is 3.20. The lowest BCUT2D eigenvalue weighted by Crippen LogP contribution is -2.68. The molecule has 0 radical (unpaired) electrons. The number of hydrogen-bond donors (Lipinski definition) is 1. The highest BCUT2D eigenvalue weighted by Crippen LogP contribution is 2.62. The van der Waals surface area contributed by atoms with Crippen molar-refractivity contribution in [3.05, 3.63) is 29.3 Å². The number of amides is 1. The molecule has 5 atom stereocenters.